The molecular formula is C31H37N3O4. The molecule has 7 heteroatoms. The van der Waals surface area contributed by atoms with Gasteiger partial charge < -0.3 is 19.0 Å². The molecule has 0 amide bonds. The van der Waals surface area contributed by atoms with Gasteiger partial charge in [-0.1, -0.05) is 26.0 Å². The molecule has 1 saturated heterocycles. The number of hydrogen-bond donors (Lipinski definition) is 0. The van der Waals surface area contributed by atoms with E-state index in [4.69, 9.17) is 9.15 Å². The van der Waals surface area contributed by atoms with Crippen LogP contribution in [0, 0.1) is 23.7 Å². The van der Waals surface area contributed by atoms with Crippen molar-refractivity contribution < 1.29 is 13.9 Å². The van der Waals surface area contributed by atoms with Crippen LogP contribution in [0.25, 0.3) is 11.0 Å². The minimum atomic E-state index is -0.643. The van der Waals surface area contributed by atoms with Crippen molar-refractivity contribution in [3.63, 3.8) is 0 Å². The molecule has 1 fully saturated rings. The van der Waals surface area contributed by atoms with Gasteiger partial charge in [-0.3, -0.25) is 4.79 Å². The van der Waals surface area contributed by atoms with Gasteiger partial charge >= 0.3 is 5.97 Å². The molecule has 0 saturated carbocycles. The third-order valence-electron chi connectivity index (χ3n) is 7.03. The van der Waals surface area contributed by atoms with Crippen molar-refractivity contribution in [3.8, 4) is 6.07 Å². The van der Waals surface area contributed by atoms with E-state index < -0.39 is 11.6 Å². The number of ether oxygens (including phenoxy) is 1. The van der Waals surface area contributed by atoms with Crippen LogP contribution in [0.3, 0.4) is 0 Å². The Hall–Kier alpha value is -3.79. The van der Waals surface area contributed by atoms with Gasteiger partial charge in [-0.2, -0.15) is 5.26 Å². The standard InChI is InChI=1S/C31H37N3O4/c1-8-34(24-12-10-9-11-21(24)29(36)38-30(3,4)5)25-18-20(2)17-22-26(35)23(19-32)28(37-27(22)25)33-15-13-31(6,7)14-16-33/h9-12,17-18H,8,13-16H2,1-7H3. The topological polar surface area (TPSA) is 86.8 Å². The van der Waals surface area contributed by atoms with Crippen LogP contribution in [-0.4, -0.2) is 31.2 Å². The number of anilines is 3. The molecule has 3 aromatic rings. The van der Waals surface area contributed by atoms with Crippen molar-refractivity contribution in [1.82, 2.24) is 0 Å². The lowest BCUT2D eigenvalue weighted by molar-refractivity contribution is 0.00704. The Labute approximate surface area is 224 Å². The van der Waals surface area contributed by atoms with Crippen LogP contribution in [0.2, 0.25) is 0 Å². The van der Waals surface area contributed by atoms with Gasteiger partial charge in [0.15, 0.2) is 11.1 Å². The smallest absolute Gasteiger partial charge is 0.340 e. The van der Waals surface area contributed by atoms with Gasteiger partial charge in [-0.05, 0) is 82.7 Å². The van der Waals surface area contributed by atoms with Crippen molar-refractivity contribution in [3.05, 3.63) is 63.3 Å². The van der Waals surface area contributed by atoms with E-state index in [1.54, 1.807) is 18.2 Å². The number of nitrogens with zero attached hydrogens (tertiary/aromatic N) is 3. The second-order valence-corrected chi connectivity index (χ2v) is 11.8. The highest BCUT2D eigenvalue weighted by molar-refractivity contribution is 6.00. The molecule has 4 rings (SSSR count). The highest BCUT2D eigenvalue weighted by atomic mass is 16.6. The second kappa shape index (κ2) is 10.2. The third kappa shape index (κ3) is 5.40. The lowest BCUT2D eigenvalue weighted by Crippen LogP contribution is -2.38. The first-order valence-corrected chi connectivity index (χ1v) is 13.2. The summed E-state index contributed by atoms with van der Waals surface area (Å²) in [6.45, 7) is 15.8. The fourth-order valence-corrected chi connectivity index (χ4v) is 4.93. The molecule has 0 aliphatic carbocycles. The van der Waals surface area contributed by atoms with E-state index in [0.717, 1.165) is 18.4 Å². The Morgan fingerprint density at radius 2 is 1.82 bits per heavy atom. The highest BCUT2D eigenvalue weighted by Gasteiger charge is 2.30. The summed E-state index contributed by atoms with van der Waals surface area (Å²) in [6, 6.07) is 13.1. The quantitative estimate of drug-likeness (QED) is 0.349. The summed E-state index contributed by atoms with van der Waals surface area (Å²) in [4.78, 5) is 30.8. The second-order valence-electron chi connectivity index (χ2n) is 11.8. The Balaban J connectivity index is 1.92. The number of carbonyl (C=O) groups excluding carboxylic acids is 1. The monoisotopic (exact) mass is 515 g/mol. The number of esters is 1. The van der Waals surface area contributed by atoms with E-state index in [1.165, 1.54) is 0 Å². The predicted octanol–water partition coefficient (Wildman–Crippen LogP) is 6.71. The van der Waals surface area contributed by atoms with Crippen LogP contribution in [0.5, 0.6) is 0 Å². The maximum absolute atomic E-state index is 13.6. The molecule has 200 valence electrons. The van der Waals surface area contributed by atoms with E-state index in [0.29, 0.717) is 53.4 Å². The van der Waals surface area contributed by atoms with Crippen LogP contribution in [0.15, 0.2) is 45.6 Å². The van der Waals surface area contributed by atoms with E-state index in [1.807, 2.05) is 62.6 Å². The molecular weight excluding hydrogens is 478 g/mol. The van der Waals surface area contributed by atoms with Gasteiger partial charge in [-0.25, -0.2) is 4.79 Å². The van der Waals surface area contributed by atoms with Crippen molar-refractivity contribution in [2.24, 2.45) is 5.41 Å². The predicted molar refractivity (Wildman–Crippen MR) is 151 cm³/mol. The average molecular weight is 516 g/mol. The largest absolute Gasteiger partial charge is 0.456 e. The number of para-hydroxylation sites is 1. The van der Waals surface area contributed by atoms with Crippen LogP contribution in [-0.2, 0) is 4.74 Å². The first-order valence-electron chi connectivity index (χ1n) is 13.2. The van der Waals surface area contributed by atoms with E-state index in [-0.39, 0.29) is 16.4 Å². The highest BCUT2D eigenvalue weighted by Crippen LogP contribution is 2.39. The number of aryl methyl sites for hydroxylation is 1. The summed E-state index contributed by atoms with van der Waals surface area (Å²) >= 11 is 0. The fraction of sp³-hybridized carbons (Fsp3) is 0.452. The van der Waals surface area contributed by atoms with Gasteiger partial charge in [0.05, 0.1) is 22.3 Å². The molecule has 0 atom stereocenters. The number of fused-ring (bicyclic) bond motifs is 1. The summed E-state index contributed by atoms with van der Waals surface area (Å²) in [5, 5.41) is 10.3. The SMILES string of the molecule is CCN(c1ccccc1C(=O)OC(C)(C)C)c1cc(C)cc2c(=O)c(C#N)c(N3CCC(C)(C)CC3)oc12. The Kier molecular flexibility index (Phi) is 7.29. The lowest BCUT2D eigenvalue weighted by atomic mass is 9.82. The summed E-state index contributed by atoms with van der Waals surface area (Å²) in [5.74, 6) is -0.101. The summed E-state index contributed by atoms with van der Waals surface area (Å²) in [7, 11) is 0. The molecule has 0 spiro atoms. The Bertz CT molecular complexity index is 1460. The summed E-state index contributed by atoms with van der Waals surface area (Å²) in [6.07, 6.45) is 1.87. The zero-order valence-corrected chi connectivity index (χ0v) is 23.5. The van der Waals surface area contributed by atoms with Crippen molar-refractivity contribution in [1.29, 1.82) is 5.26 Å². The normalized spacial score (nSPS) is 15.3. The van der Waals surface area contributed by atoms with Gasteiger partial charge in [-0.15, -0.1) is 0 Å². The number of hydrogen-bond acceptors (Lipinski definition) is 7. The van der Waals surface area contributed by atoms with Gasteiger partial charge in [0.1, 0.15) is 11.7 Å². The number of piperidine rings is 1. The van der Waals surface area contributed by atoms with Crippen molar-refractivity contribution >= 4 is 34.2 Å². The third-order valence-corrected chi connectivity index (χ3v) is 7.03. The van der Waals surface area contributed by atoms with Gasteiger partial charge in [0.25, 0.3) is 0 Å². The number of carbonyl (C=O) groups is 1. The minimum absolute atomic E-state index is 0.0333. The molecule has 1 aromatic heterocycles. The lowest BCUT2D eigenvalue weighted by Gasteiger charge is -2.37. The molecule has 38 heavy (non-hydrogen) atoms. The average Bonchev–Trinajstić information content (AvgIpc) is 2.84. The van der Waals surface area contributed by atoms with Crippen molar-refractivity contribution in [2.75, 3.05) is 29.4 Å². The Morgan fingerprint density at radius 1 is 1.16 bits per heavy atom. The molecule has 2 heterocycles. The molecule has 0 unspecified atom stereocenters. The molecule has 7 nitrogen and oxygen atoms in total. The number of benzene rings is 2. The molecule has 0 radical (unpaired) electrons. The molecule has 0 N–H and O–H groups in total. The minimum Gasteiger partial charge on any atom is -0.456 e. The Morgan fingerprint density at radius 3 is 2.42 bits per heavy atom. The fourth-order valence-electron chi connectivity index (χ4n) is 4.93. The van der Waals surface area contributed by atoms with Gasteiger partial charge in [0, 0.05) is 19.6 Å². The van der Waals surface area contributed by atoms with Crippen LogP contribution < -0.4 is 15.2 Å². The number of nitriles is 1. The first-order chi connectivity index (χ1) is 17.8. The van der Waals surface area contributed by atoms with E-state index in [2.05, 4.69) is 19.9 Å². The van der Waals surface area contributed by atoms with E-state index >= 15 is 0 Å². The molecule has 1 aliphatic heterocycles. The van der Waals surface area contributed by atoms with Crippen LogP contribution in [0.1, 0.15) is 75.9 Å². The zero-order chi connectivity index (χ0) is 27.8. The maximum atomic E-state index is 13.6. The van der Waals surface area contributed by atoms with Crippen molar-refractivity contribution in [2.45, 2.75) is 66.9 Å². The maximum Gasteiger partial charge on any atom is 0.340 e. The van der Waals surface area contributed by atoms with Crippen LogP contribution >= 0.6 is 0 Å². The summed E-state index contributed by atoms with van der Waals surface area (Å²) in [5.41, 5.74) is 2.25. The van der Waals surface area contributed by atoms with Crippen LogP contribution in [0.4, 0.5) is 17.3 Å². The van der Waals surface area contributed by atoms with E-state index in [9.17, 15) is 14.9 Å². The molecule has 0 bridgehead atoms. The van der Waals surface area contributed by atoms with Gasteiger partial charge in [0.2, 0.25) is 11.3 Å². The summed E-state index contributed by atoms with van der Waals surface area (Å²) < 4.78 is 12.2. The molecule has 1 aliphatic rings. The number of rotatable bonds is 5. The molecule has 2 aromatic carbocycles. The first kappa shape index (κ1) is 27.3. The zero-order valence-electron chi connectivity index (χ0n) is 23.5.